The number of amides is 1. The third kappa shape index (κ3) is 3.10. The fourth-order valence-electron chi connectivity index (χ4n) is 1.43. The summed E-state index contributed by atoms with van der Waals surface area (Å²) in [5.41, 5.74) is 1.43. The van der Waals surface area contributed by atoms with Crippen LogP contribution in [-0.4, -0.2) is 11.1 Å². The van der Waals surface area contributed by atoms with Crippen molar-refractivity contribution in [2.45, 2.75) is 19.8 Å². The highest BCUT2D eigenvalue weighted by Gasteiger charge is 2.11. The van der Waals surface area contributed by atoms with Gasteiger partial charge in [0.1, 0.15) is 0 Å². The van der Waals surface area contributed by atoms with Crippen LogP contribution in [-0.2, 0) is 0 Å². The first-order valence-corrected chi connectivity index (χ1v) is 6.67. The van der Waals surface area contributed by atoms with Crippen LogP contribution < -0.4 is 5.32 Å². The van der Waals surface area contributed by atoms with E-state index in [0.717, 1.165) is 9.26 Å². The van der Waals surface area contributed by atoms with Crippen molar-refractivity contribution in [2.75, 3.05) is 5.32 Å². The smallest absolute Gasteiger partial charge is 0.258 e. The average molecular weight is 356 g/mol. The van der Waals surface area contributed by atoms with Crippen molar-refractivity contribution < 1.29 is 9.32 Å². The van der Waals surface area contributed by atoms with Gasteiger partial charge in [-0.05, 0) is 46.7 Å². The van der Waals surface area contributed by atoms with Gasteiger partial charge < -0.3 is 4.52 Å². The Morgan fingerprint density at radius 1 is 1.39 bits per heavy atom. The number of benzene rings is 1. The molecule has 4 nitrogen and oxygen atoms in total. The van der Waals surface area contributed by atoms with Crippen LogP contribution in [0.1, 0.15) is 35.8 Å². The maximum atomic E-state index is 11.9. The van der Waals surface area contributed by atoms with Gasteiger partial charge in [-0.3, -0.25) is 10.1 Å². The fraction of sp³-hybridized carbons (Fsp3) is 0.231. The molecule has 0 bridgehead atoms. The monoisotopic (exact) mass is 356 g/mol. The van der Waals surface area contributed by atoms with Crippen LogP contribution >= 0.6 is 22.6 Å². The molecule has 1 heterocycles. The topological polar surface area (TPSA) is 55.1 Å². The van der Waals surface area contributed by atoms with Crippen LogP contribution in [0.4, 0.5) is 5.88 Å². The average Bonchev–Trinajstić information content (AvgIpc) is 2.77. The van der Waals surface area contributed by atoms with Crippen LogP contribution in [0.2, 0.25) is 0 Å². The highest BCUT2D eigenvalue weighted by Crippen LogP contribution is 2.18. The van der Waals surface area contributed by atoms with Crippen molar-refractivity contribution in [3.05, 3.63) is 45.2 Å². The summed E-state index contributed by atoms with van der Waals surface area (Å²) in [5.74, 6) is 0.458. The quantitative estimate of drug-likeness (QED) is 0.854. The number of hydrogen-bond donors (Lipinski definition) is 1. The summed E-state index contributed by atoms with van der Waals surface area (Å²) in [7, 11) is 0. The molecule has 0 fully saturated rings. The maximum absolute atomic E-state index is 11.9. The molecular weight excluding hydrogens is 343 g/mol. The number of carbonyl (C=O) groups is 1. The lowest BCUT2D eigenvalue weighted by atomic mass is 10.1. The van der Waals surface area contributed by atoms with Crippen molar-refractivity contribution in [1.82, 2.24) is 5.16 Å². The van der Waals surface area contributed by atoms with Crippen LogP contribution in [0.3, 0.4) is 0 Å². The number of halogens is 1. The molecule has 1 N–H and O–H groups in total. The van der Waals surface area contributed by atoms with E-state index in [0.29, 0.717) is 11.4 Å². The lowest BCUT2D eigenvalue weighted by molar-refractivity contribution is 0.102. The number of hydrogen-bond acceptors (Lipinski definition) is 3. The number of nitrogens with zero attached hydrogens (tertiary/aromatic N) is 1. The minimum absolute atomic E-state index is 0.194. The molecule has 0 spiro atoms. The molecule has 0 aliphatic heterocycles. The molecule has 0 saturated heterocycles. The molecule has 1 aromatic carbocycles. The van der Waals surface area contributed by atoms with Crippen LogP contribution in [0.5, 0.6) is 0 Å². The molecule has 1 aromatic heterocycles. The molecule has 0 aliphatic carbocycles. The van der Waals surface area contributed by atoms with E-state index in [1.54, 1.807) is 12.1 Å². The van der Waals surface area contributed by atoms with E-state index in [9.17, 15) is 4.79 Å². The molecule has 0 radical (unpaired) electrons. The molecule has 5 heteroatoms. The van der Waals surface area contributed by atoms with E-state index >= 15 is 0 Å². The largest absolute Gasteiger partial charge is 0.338 e. The third-order valence-corrected chi connectivity index (χ3v) is 3.11. The lowest BCUT2D eigenvalue weighted by Crippen LogP contribution is -2.11. The normalized spacial score (nSPS) is 10.7. The van der Waals surface area contributed by atoms with E-state index in [2.05, 4.69) is 33.1 Å². The van der Waals surface area contributed by atoms with Crippen molar-refractivity contribution in [1.29, 1.82) is 0 Å². The Hall–Kier alpha value is -1.37. The van der Waals surface area contributed by atoms with Gasteiger partial charge in [0.05, 0.1) is 5.69 Å². The molecule has 0 saturated carbocycles. The first-order valence-electron chi connectivity index (χ1n) is 5.60. The highest BCUT2D eigenvalue weighted by atomic mass is 127. The zero-order valence-corrected chi connectivity index (χ0v) is 12.3. The Labute approximate surface area is 119 Å². The summed E-state index contributed by atoms with van der Waals surface area (Å²) < 4.78 is 6.08. The van der Waals surface area contributed by atoms with E-state index in [1.165, 1.54) is 0 Å². The van der Waals surface area contributed by atoms with Gasteiger partial charge in [-0.25, -0.2) is 0 Å². The summed E-state index contributed by atoms with van der Waals surface area (Å²) >= 11 is 2.17. The predicted octanol–water partition coefficient (Wildman–Crippen LogP) is 3.65. The number of rotatable bonds is 3. The van der Waals surface area contributed by atoms with Gasteiger partial charge in [0.15, 0.2) is 0 Å². The molecule has 1 amide bonds. The van der Waals surface area contributed by atoms with Crippen molar-refractivity contribution in [2.24, 2.45) is 0 Å². The van der Waals surface area contributed by atoms with Crippen molar-refractivity contribution >= 4 is 34.4 Å². The summed E-state index contributed by atoms with van der Waals surface area (Å²) in [4.78, 5) is 11.9. The van der Waals surface area contributed by atoms with Crippen LogP contribution in [0.15, 0.2) is 34.9 Å². The Balaban J connectivity index is 2.11. The zero-order chi connectivity index (χ0) is 13.1. The third-order valence-electron chi connectivity index (χ3n) is 2.44. The van der Waals surface area contributed by atoms with Crippen LogP contribution in [0.25, 0.3) is 0 Å². The fourth-order valence-corrected chi connectivity index (χ4v) is 1.98. The Kier molecular flexibility index (Phi) is 4.00. The van der Waals surface area contributed by atoms with Gasteiger partial charge in [-0.2, -0.15) is 0 Å². The molecule has 94 valence electrons. The summed E-state index contributed by atoms with van der Waals surface area (Å²) in [5, 5.41) is 6.58. The number of nitrogens with one attached hydrogen (secondary N) is 1. The number of anilines is 1. The van der Waals surface area contributed by atoms with E-state index < -0.39 is 0 Å². The Morgan fingerprint density at radius 2 is 2.17 bits per heavy atom. The van der Waals surface area contributed by atoms with Gasteiger partial charge in [-0.1, -0.05) is 25.1 Å². The molecular formula is C13H13IN2O2. The second kappa shape index (κ2) is 5.51. The minimum atomic E-state index is -0.194. The van der Waals surface area contributed by atoms with Gasteiger partial charge in [-0.15, -0.1) is 0 Å². The number of aromatic nitrogens is 1. The first-order chi connectivity index (χ1) is 8.56. The van der Waals surface area contributed by atoms with Crippen molar-refractivity contribution in [3.8, 4) is 0 Å². The van der Waals surface area contributed by atoms with E-state index in [4.69, 9.17) is 4.52 Å². The van der Waals surface area contributed by atoms with Crippen molar-refractivity contribution in [3.63, 3.8) is 0 Å². The second-order valence-electron chi connectivity index (χ2n) is 4.24. The Morgan fingerprint density at radius 3 is 2.78 bits per heavy atom. The molecule has 0 aliphatic rings. The predicted molar refractivity (Wildman–Crippen MR) is 77.7 cm³/mol. The zero-order valence-electron chi connectivity index (χ0n) is 10.1. The van der Waals surface area contributed by atoms with Gasteiger partial charge >= 0.3 is 0 Å². The van der Waals surface area contributed by atoms with E-state index in [1.807, 2.05) is 32.0 Å². The SMILES string of the molecule is CC(C)c1cc(NC(=O)c2cccc(I)c2)on1. The second-order valence-corrected chi connectivity index (χ2v) is 5.48. The Bertz CT molecular complexity index is 564. The highest BCUT2D eigenvalue weighted by molar-refractivity contribution is 14.1. The maximum Gasteiger partial charge on any atom is 0.258 e. The summed E-state index contributed by atoms with van der Waals surface area (Å²) in [6.07, 6.45) is 0. The standard InChI is InChI=1S/C13H13IN2O2/c1-8(2)11-7-12(18-16-11)15-13(17)9-4-3-5-10(14)6-9/h3-8H,1-2H3,(H,15,17). The molecule has 0 unspecified atom stereocenters. The van der Waals surface area contributed by atoms with Crippen LogP contribution in [0, 0.1) is 3.57 Å². The molecule has 2 rings (SSSR count). The molecule has 2 aromatic rings. The summed E-state index contributed by atoms with van der Waals surface area (Å²) in [6, 6.07) is 9.10. The van der Waals surface area contributed by atoms with Gasteiger partial charge in [0.2, 0.25) is 5.88 Å². The summed E-state index contributed by atoms with van der Waals surface area (Å²) in [6.45, 7) is 4.03. The molecule has 0 atom stereocenters. The van der Waals surface area contributed by atoms with Gasteiger partial charge in [0.25, 0.3) is 5.91 Å². The molecule has 18 heavy (non-hydrogen) atoms. The lowest BCUT2D eigenvalue weighted by Gasteiger charge is -2.01. The van der Waals surface area contributed by atoms with E-state index in [-0.39, 0.29) is 11.8 Å². The first kappa shape index (κ1) is 13.1. The minimum Gasteiger partial charge on any atom is -0.338 e. The van der Waals surface area contributed by atoms with Gasteiger partial charge in [0, 0.05) is 15.2 Å². The number of carbonyl (C=O) groups excluding carboxylic acids is 1.